The molecule has 25 heavy (non-hydrogen) atoms. The molecule has 2 bridgehead atoms. The van der Waals surface area contributed by atoms with Crippen molar-refractivity contribution in [1.82, 2.24) is 15.1 Å². The minimum Gasteiger partial charge on any atom is -0.313 e. The number of rotatable bonds is 1. The summed E-state index contributed by atoms with van der Waals surface area (Å²) in [5.41, 5.74) is 1.02. The predicted octanol–water partition coefficient (Wildman–Crippen LogP) is 3.00. The summed E-state index contributed by atoms with van der Waals surface area (Å²) in [5.74, 6) is -1.79. The number of anilines is 1. The van der Waals surface area contributed by atoms with Gasteiger partial charge in [-0.2, -0.15) is 5.10 Å². The van der Waals surface area contributed by atoms with Crippen molar-refractivity contribution in [3.63, 3.8) is 0 Å². The van der Waals surface area contributed by atoms with E-state index in [1.54, 1.807) is 4.90 Å². The van der Waals surface area contributed by atoms with E-state index in [9.17, 15) is 18.4 Å². The first kappa shape index (κ1) is 16.0. The van der Waals surface area contributed by atoms with E-state index in [0.717, 1.165) is 18.1 Å². The second-order valence-electron chi connectivity index (χ2n) is 6.18. The topological polar surface area (TPSA) is 78.1 Å². The number of aromatic amines is 1. The van der Waals surface area contributed by atoms with Gasteiger partial charge in [-0.25, -0.2) is 18.7 Å². The van der Waals surface area contributed by atoms with Gasteiger partial charge in [-0.1, -0.05) is 11.6 Å². The zero-order valence-electron chi connectivity index (χ0n) is 12.9. The largest absolute Gasteiger partial charge is 0.322 e. The Kier molecular flexibility index (Phi) is 3.72. The molecule has 130 valence electrons. The number of H-pyrrole nitrogens is 1. The number of nitrogens with one attached hydrogen (secondary N) is 2. The van der Waals surface area contributed by atoms with Gasteiger partial charge >= 0.3 is 6.03 Å². The number of nitrogens with zero attached hydrogens (tertiary/aromatic N) is 2. The lowest BCUT2D eigenvalue weighted by Gasteiger charge is -2.35. The van der Waals surface area contributed by atoms with E-state index in [1.165, 1.54) is 6.07 Å². The van der Waals surface area contributed by atoms with Gasteiger partial charge in [-0.05, 0) is 30.9 Å². The SMILES string of the molecule is O=C(Nc1cc(Cl)c(F)cc1F)N1C2CCC1c1n[nH]c(=O)cc1C2. The Balaban J connectivity index is 1.63. The fourth-order valence-electron chi connectivity index (χ4n) is 3.61. The average Bonchev–Trinajstić information content (AvgIpc) is 2.88. The van der Waals surface area contributed by atoms with Gasteiger partial charge < -0.3 is 10.2 Å². The number of hydrogen-bond acceptors (Lipinski definition) is 3. The van der Waals surface area contributed by atoms with E-state index < -0.39 is 17.7 Å². The maximum Gasteiger partial charge on any atom is 0.322 e. The molecule has 2 aromatic rings. The third kappa shape index (κ3) is 2.66. The van der Waals surface area contributed by atoms with Gasteiger partial charge in [0.15, 0.2) is 0 Å². The highest BCUT2D eigenvalue weighted by molar-refractivity contribution is 6.31. The maximum atomic E-state index is 13.9. The third-order valence-electron chi connectivity index (χ3n) is 4.68. The minimum atomic E-state index is -0.900. The minimum absolute atomic E-state index is 0.0971. The third-order valence-corrected chi connectivity index (χ3v) is 4.97. The number of urea groups is 1. The molecular weight excluding hydrogens is 354 g/mol. The van der Waals surface area contributed by atoms with Crippen LogP contribution in [0.15, 0.2) is 23.0 Å². The number of hydrogen-bond donors (Lipinski definition) is 2. The summed E-state index contributed by atoms with van der Waals surface area (Å²) in [5, 5.41) is 8.64. The molecule has 4 rings (SSSR count). The second-order valence-corrected chi connectivity index (χ2v) is 6.58. The van der Waals surface area contributed by atoms with Gasteiger partial charge in [0.2, 0.25) is 0 Å². The summed E-state index contributed by atoms with van der Waals surface area (Å²) in [7, 11) is 0. The first-order chi connectivity index (χ1) is 11.9. The Morgan fingerprint density at radius 1 is 1.28 bits per heavy atom. The van der Waals surface area contributed by atoms with Gasteiger partial charge in [-0.3, -0.25) is 4.79 Å². The van der Waals surface area contributed by atoms with Crippen LogP contribution >= 0.6 is 11.6 Å². The van der Waals surface area contributed by atoms with Gasteiger partial charge in [0, 0.05) is 18.2 Å². The molecule has 9 heteroatoms. The molecule has 2 aliphatic rings. The van der Waals surface area contributed by atoms with Gasteiger partial charge in [-0.15, -0.1) is 0 Å². The van der Waals surface area contributed by atoms with E-state index >= 15 is 0 Å². The van der Waals surface area contributed by atoms with Crippen molar-refractivity contribution in [1.29, 1.82) is 0 Å². The van der Waals surface area contributed by atoms with E-state index in [2.05, 4.69) is 15.5 Å². The normalized spacial score (nSPS) is 21.2. The van der Waals surface area contributed by atoms with Crippen LogP contribution < -0.4 is 10.9 Å². The number of carbonyl (C=O) groups is 1. The Labute approximate surface area is 145 Å². The van der Waals surface area contributed by atoms with Crippen LogP contribution in [-0.2, 0) is 6.42 Å². The molecule has 2 N–H and O–H groups in total. The first-order valence-electron chi connectivity index (χ1n) is 7.76. The zero-order chi connectivity index (χ0) is 17.7. The number of carbonyl (C=O) groups excluding carboxylic acids is 1. The predicted molar refractivity (Wildman–Crippen MR) is 86.6 cm³/mol. The molecule has 0 radical (unpaired) electrons. The molecule has 1 saturated heterocycles. The Morgan fingerprint density at radius 2 is 2.08 bits per heavy atom. The Hall–Kier alpha value is -2.48. The van der Waals surface area contributed by atoms with Crippen molar-refractivity contribution in [2.75, 3.05) is 5.32 Å². The molecule has 3 heterocycles. The molecule has 6 nitrogen and oxygen atoms in total. The molecule has 0 spiro atoms. The summed E-state index contributed by atoms with van der Waals surface area (Å²) in [4.78, 5) is 25.7. The van der Waals surface area contributed by atoms with Gasteiger partial charge in [0.05, 0.1) is 22.4 Å². The first-order valence-corrected chi connectivity index (χ1v) is 8.14. The monoisotopic (exact) mass is 366 g/mol. The van der Waals surface area contributed by atoms with Crippen LogP contribution in [0.3, 0.4) is 0 Å². The maximum absolute atomic E-state index is 13.9. The molecule has 2 atom stereocenters. The molecule has 2 unspecified atom stereocenters. The molecule has 0 saturated carbocycles. The summed E-state index contributed by atoms with van der Waals surface area (Å²) in [6.45, 7) is 0. The Morgan fingerprint density at radius 3 is 2.88 bits per heavy atom. The second kappa shape index (κ2) is 5.80. The van der Waals surface area contributed by atoms with Crippen molar-refractivity contribution in [2.24, 2.45) is 0 Å². The van der Waals surface area contributed by atoms with Crippen LogP contribution in [0.4, 0.5) is 19.3 Å². The highest BCUT2D eigenvalue weighted by Crippen LogP contribution is 2.42. The molecule has 1 aromatic carbocycles. The lowest BCUT2D eigenvalue weighted by molar-refractivity contribution is 0.177. The fraction of sp³-hybridized carbons (Fsp3) is 0.312. The standard InChI is InChI=1S/C16H13ClF2N4O2/c17-9-5-12(11(19)6-10(9)18)20-16(25)23-8-1-2-13(23)15-7(3-8)4-14(24)21-22-15/h4-6,8,13H,1-3H2,(H,20,25)(H,21,24). The van der Waals surface area contributed by atoms with Crippen molar-refractivity contribution in [3.8, 4) is 0 Å². The zero-order valence-corrected chi connectivity index (χ0v) is 13.6. The number of aromatic nitrogens is 2. The smallest absolute Gasteiger partial charge is 0.313 e. The van der Waals surface area contributed by atoms with Crippen molar-refractivity contribution >= 4 is 23.3 Å². The van der Waals surface area contributed by atoms with E-state index in [1.807, 2.05) is 0 Å². The number of benzene rings is 1. The van der Waals surface area contributed by atoms with Crippen molar-refractivity contribution in [3.05, 3.63) is 56.5 Å². The van der Waals surface area contributed by atoms with E-state index in [-0.39, 0.29) is 28.4 Å². The average molecular weight is 367 g/mol. The lowest BCUT2D eigenvalue weighted by Crippen LogP contribution is -2.45. The highest BCUT2D eigenvalue weighted by Gasteiger charge is 2.44. The summed E-state index contributed by atoms with van der Waals surface area (Å²) in [6.07, 6.45) is 1.98. The fourth-order valence-corrected chi connectivity index (χ4v) is 3.78. The highest BCUT2D eigenvalue weighted by atomic mass is 35.5. The Bertz CT molecular complexity index is 933. The number of halogens is 3. The molecular formula is C16H13ClF2N4O2. The van der Waals surface area contributed by atoms with Crippen LogP contribution in [0.2, 0.25) is 5.02 Å². The van der Waals surface area contributed by atoms with Crippen LogP contribution in [0.5, 0.6) is 0 Å². The van der Waals surface area contributed by atoms with Crippen molar-refractivity contribution < 1.29 is 13.6 Å². The number of fused-ring (bicyclic) bond motifs is 4. The van der Waals surface area contributed by atoms with Crippen molar-refractivity contribution in [2.45, 2.75) is 31.3 Å². The van der Waals surface area contributed by atoms with Gasteiger partial charge in [0.1, 0.15) is 11.6 Å². The molecule has 2 aliphatic heterocycles. The summed E-state index contributed by atoms with van der Waals surface area (Å²) < 4.78 is 27.1. The molecule has 0 aliphatic carbocycles. The summed E-state index contributed by atoms with van der Waals surface area (Å²) in [6, 6.07) is 2.28. The molecule has 2 amide bonds. The number of amides is 2. The van der Waals surface area contributed by atoms with Crippen LogP contribution in [0.25, 0.3) is 0 Å². The lowest BCUT2D eigenvalue weighted by atomic mass is 9.99. The van der Waals surface area contributed by atoms with E-state index in [0.29, 0.717) is 24.6 Å². The summed E-state index contributed by atoms with van der Waals surface area (Å²) >= 11 is 5.66. The van der Waals surface area contributed by atoms with Crippen LogP contribution in [-0.4, -0.2) is 27.2 Å². The van der Waals surface area contributed by atoms with Crippen LogP contribution in [0, 0.1) is 11.6 Å². The molecule has 1 aromatic heterocycles. The van der Waals surface area contributed by atoms with E-state index in [4.69, 9.17) is 11.6 Å². The quantitative estimate of drug-likeness (QED) is 0.761. The molecule has 1 fully saturated rings. The van der Waals surface area contributed by atoms with Gasteiger partial charge in [0.25, 0.3) is 5.56 Å². The van der Waals surface area contributed by atoms with Crippen LogP contribution in [0.1, 0.15) is 30.1 Å².